The Morgan fingerprint density at radius 3 is 2.60 bits per heavy atom. The van der Waals surface area contributed by atoms with Gasteiger partial charge in [-0.3, -0.25) is 4.79 Å². The van der Waals surface area contributed by atoms with E-state index in [4.69, 9.17) is 14.6 Å². The zero-order valence-corrected chi connectivity index (χ0v) is 24.1. The highest BCUT2D eigenvalue weighted by Gasteiger charge is 2.30. The van der Waals surface area contributed by atoms with Crippen molar-refractivity contribution in [2.75, 3.05) is 12.4 Å². The lowest BCUT2D eigenvalue weighted by Gasteiger charge is -2.13. The lowest BCUT2D eigenvalue weighted by atomic mass is 10.1. The predicted molar refractivity (Wildman–Crippen MR) is 155 cm³/mol. The van der Waals surface area contributed by atoms with E-state index in [1.165, 1.54) is 37.6 Å². The van der Waals surface area contributed by atoms with Gasteiger partial charge in [-0.15, -0.1) is 11.3 Å². The molecule has 0 spiro atoms. The topological polar surface area (TPSA) is 122 Å². The fourth-order valence-corrected chi connectivity index (χ4v) is 4.88. The summed E-state index contributed by atoms with van der Waals surface area (Å²) >= 11 is 4.60. The number of carboxylic acids is 1. The number of aromatic carboxylic acids is 1. The van der Waals surface area contributed by atoms with Crippen LogP contribution in [0.4, 0.5) is 24.0 Å². The molecule has 1 aromatic heterocycles. The molecule has 4 aromatic rings. The molecule has 218 valence electrons. The van der Waals surface area contributed by atoms with E-state index < -0.39 is 23.6 Å². The molecular formula is C28H22BrF3N4O5S. The summed E-state index contributed by atoms with van der Waals surface area (Å²) < 4.78 is 50.7. The minimum Gasteiger partial charge on any atom is -0.493 e. The highest BCUT2D eigenvalue weighted by Crippen LogP contribution is 2.37. The Hall–Kier alpha value is -4.43. The number of halogens is 4. The molecule has 0 aliphatic carbocycles. The number of carboxylic acid groups (broad SMARTS) is 1. The number of ether oxygens (including phenoxy) is 2. The molecule has 0 saturated carbocycles. The maximum atomic E-state index is 12.9. The maximum absolute atomic E-state index is 12.9. The Morgan fingerprint density at radius 1 is 1.14 bits per heavy atom. The smallest absolute Gasteiger partial charge is 0.416 e. The quantitative estimate of drug-likeness (QED) is 0.121. The molecule has 0 fully saturated rings. The number of nitrogens with zero attached hydrogens (tertiary/aromatic N) is 2. The SMILES string of the molecule is COc1cc(/C=N\NC(=O)Cc2csc(Nc3cccc(C(F)(F)F)c3)n2)cc(Br)c1OCc1ccc(C(=O)O)cc1. The van der Waals surface area contributed by atoms with Crippen molar-refractivity contribution in [3.05, 3.63) is 98.5 Å². The van der Waals surface area contributed by atoms with E-state index in [-0.39, 0.29) is 24.3 Å². The number of hydrazone groups is 1. The molecule has 0 radical (unpaired) electrons. The van der Waals surface area contributed by atoms with Gasteiger partial charge in [0.2, 0.25) is 5.91 Å². The van der Waals surface area contributed by atoms with E-state index in [1.54, 1.807) is 29.6 Å². The van der Waals surface area contributed by atoms with Gasteiger partial charge < -0.3 is 19.9 Å². The van der Waals surface area contributed by atoms with Crippen LogP contribution in [0.2, 0.25) is 0 Å². The van der Waals surface area contributed by atoms with Gasteiger partial charge in [-0.2, -0.15) is 18.3 Å². The number of carbonyl (C=O) groups excluding carboxylic acids is 1. The minimum atomic E-state index is -4.46. The van der Waals surface area contributed by atoms with E-state index in [0.29, 0.717) is 32.4 Å². The van der Waals surface area contributed by atoms with Crippen molar-refractivity contribution in [1.82, 2.24) is 10.4 Å². The molecule has 0 atom stereocenters. The van der Waals surface area contributed by atoms with Gasteiger partial charge in [-0.05, 0) is 69.5 Å². The molecule has 1 amide bonds. The van der Waals surface area contributed by atoms with Crippen molar-refractivity contribution in [3.8, 4) is 11.5 Å². The first-order valence-corrected chi connectivity index (χ1v) is 13.7. The molecule has 0 bridgehead atoms. The van der Waals surface area contributed by atoms with Crippen molar-refractivity contribution in [2.24, 2.45) is 5.10 Å². The van der Waals surface area contributed by atoms with Crippen LogP contribution >= 0.6 is 27.3 Å². The zero-order valence-electron chi connectivity index (χ0n) is 21.7. The third kappa shape index (κ3) is 8.30. The van der Waals surface area contributed by atoms with Gasteiger partial charge in [-0.1, -0.05) is 18.2 Å². The largest absolute Gasteiger partial charge is 0.493 e. The van der Waals surface area contributed by atoms with E-state index in [2.05, 4.69) is 36.8 Å². The second kappa shape index (κ2) is 13.5. The van der Waals surface area contributed by atoms with Gasteiger partial charge in [-0.25, -0.2) is 15.2 Å². The second-order valence-corrected chi connectivity index (χ2v) is 10.4. The molecular weight excluding hydrogens is 641 g/mol. The van der Waals surface area contributed by atoms with E-state index in [1.807, 2.05) is 0 Å². The number of methoxy groups -OCH3 is 1. The fourth-order valence-electron chi connectivity index (χ4n) is 3.58. The summed E-state index contributed by atoms with van der Waals surface area (Å²) in [5.41, 5.74) is 3.82. The van der Waals surface area contributed by atoms with E-state index in [9.17, 15) is 22.8 Å². The van der Waals surface area contributed by atoms with Crippen molar-refractivity contribution in [1.29, 1.82) is 0 Å². The number of hydrogen-bond donors (Lipinski definition) is 3. The summed E-state index contributed by atoms with van der Waals surface area (Å²) in [6.07, 6.45) is -3.13. The lowest BCUT2D eigenvalue weighted by molar-refractivity contribution is -0.137. The summed E-state index contributed by atoms with van der Waals surface area (Å²) in [6, 6.07) is 14.4. The number of carbonyl (C=O) groups is 2. The first-order chi connectivity index (χ1) is 20.0. The molecule has 9 nitrogen and oxygen atoms in total. The molecule has 0 aliphatic rings. The minimum absolute atomic E-state index is 0.0919. The molecule has 0 saturated heterocycles. The van der Waals surface area contributed by atoms with E-state index >= 15 is 0 Å². The lowest BCUT2D eigenvalue weighted by Crippen LogP contribution is -2.20. The van der Waals surface area contributed by atoms with Crippen LogP contribution in [-0.2, 0) is 24.0 Å². The summed E-state index contributed by atoms with van der Waals surface area (Å²) in [4.78, 5) is 27.6. The number of hydrogen-bond acceptors (Lipinski definition) is 8. The standard InChI is InChI=1S/C28H22BrF3N4O5S/c1-40-23-10-17(9-22(29)25(23)41-14-16-5-7-18(8-6-16)26(38)39)13-33-36-24(37)12-21-15-42-27(35-21)34-20-4-2-3-19(11-20)28(30,31)32/h2-11,13,15H,12,14H2,1H3,(H,34,35)(H,36,37)(H,38,39)/b33-13-. The van der Waals surface area contributed by atoms with Crippen LogP contribution in [0.3, 0.4) is 0 Å². The van der Waals surface area contributed by atoms with E-state index in [0.717, 1.165) is 29.0 Å². The van der Waals surface area contributed by atoms with Crippen molar-refractivity contribution >= 4 is 56.2 Å². The normalized spacial score (nSPS) is 11.4. The van der Waals surface area contributed by atoms with Crippen LogP contribution in [0.5, 0.6) is 11.5 Å². The van der Waals surface area contributed by atoms with Crippen molar-refractivity contribution in [3.63, 3.8) is 0 Å². The van der Waals surface area contributed by atoms with Crippen LogP contribution in [0.15, 0.2) is 75.6 Å². The summed E-state index contributed by atoms with van der Waals surface area (Å²) in [6.45, 7) is 0.173. The molecule has 4 rings (SSSR count). The monoisotopic (exact) mass is 662 g/mol. The van der Waals surface area contributed by atoms with Gasteiger partial charge in [0.15, 0.2) is 16.6 Å². The van der Waals surface area contributed by atoms with Gasteiger partial charge >= 0.3 is 12.1 Å². The van der Waals surface area contributed by atoms with Crippen molar-refractivity contribution < 1.29 is 37.3 Å². The van der Waals surface area contributed by atoms with Crippen LogP contribution in [-0.4, -0.2) is 35.3 Å². The van der Waals surface area contributed by atoms with Crippen LogP contribution < -0.4 is 20.2 Å². The number of rotatable bonds is 11. The number of nitrogens with one attached hydrogen (secondary N) is 2. The van der Waals surface area contributed by atoms with Crippen LogP contribution in [0.1, 0.15) is 32.7 Å². The number of benzene rings is 3. The predicted octanol–water partition coefficient (Wildman–Crippen LogP) is 6.65. The maximum Gasteiger partial charge on any atom is 0.416 e. The highest BCUT2D eigenvalue weighted by atomic mass is 79.9. The first kappa shape index (κ1) is 30.5. The summed E-state index contributed by atoms with van der Waals surface area (Å²) in [7, 11) is 1.48. The Kier molecular flexibility index (Phi) is 9.80. The number of alkyl halides is 3. The Morgan fingerprint density at radius 2 is 1.90 bits per heavy atom. The zero-order chi connectivity index (χ0) is 30.3. The van der Waals surface area contributed by atoms with Gasteiger partial charge in [0.1, 0.15) is 6.61 Å². The number of amides is 1. The molecule has 3 N–H and O–H groups in total. The Balaban J connectivity index is 1.32. The molecule has 0 unspecified atom stereocenters. The van der Waals surface area contributed by atoms with Crippen LogP contribution in [0, 0.1) is 0 Å². The third-order valence-corrected chi connectivity index (χ3v) is 6.97. The van der Waals surface area contributed by atoms with Crippen molar-refractivity contribution in [2.45, 2.75) is 19.2 Å². The summed E-state index contributed by atoms with van der Waals surface area (Å²) in [5.74, 6) is -0.619. The Labute approximate surface area is 250 Å². The van der Waals surface area contributed by atoms with Gasteiger partial charge in [0.25, 0.3) is 0 Å². The van der Waals surface area contributed by atoms with Gasteiger partial charge in [0, 0.05) is 11.1 Å². The van der Waals surface area contributed by atoms with Crippen LogP contribution in [0.25, 0.3) is 0 Å². The average molecular weight is 663 g/mol. The number of thiazole rings is 1. The number of anilines is 2. The fraction of sp³-hybridized carbons (Fsp3) is 0.143. The molecule has 0 aliphatic heterocycles. The first-order valence-electron chi connectivity index (χ1n) is 12.0. The van der Waals surface area contributed by atoms with Gasteiger partial charge in [0.05, 0.1) is 41.0 Å². The Bertz CT molecular complexity index is 1610. The molecule has 42 heavy (non-hydrogen) atoms. The molecule has 1 heterocycles. The summed E-state index contributed by atoms with van der Waals surface area (Å²) in [5, 5.41) is 17.8. The average Bonchev–Trinajstić information content (AvgIpc) is 3.38. The molecule has 14 heteroatoms. The number of aromatic nitrogens is 1. The second-order valence-electron chi connectivity index (χ2n) is 8.64. The third-order valence-electron chi connectivity index (χ3n) is 5.57. The highest BCUT2D eigenvalue weighted by molar-refractivity contribution is 9.10. The molecule has 3 aromatic carbocycles.